The Kier molecular flexibility index (Phi) is 5.35. The SMILES string of the molecule is O[C@H](C[NH2+]C/C=C/c1ccccc1)c1ccccc1. The van der Waals surface area contributed by atoms with Crippen LogP contribution in [0.4, 0.5) is 0 Å². The Balaban J connectivity index is 1.71. The molecule has 2 aromatic carbocycles. The Labute approximate surface area is 114 Å². The molecule has 0 saturated heterocycles. The van der Waals surface area contributed by atoms with Crippen molar-refractivity contribution in [1.29, 1.82) is 0 Å². The average molecular weight is 254 g/mol. The monoisotopic (exact) mass is 254 g/mol. The van der Waals surface area contributed by atoms with Crippen LogP contribution in [-0.4, -0.2) is 18.2 Å². The van der Waals surface area contributed by atoms with Crippen molar-refractivity contribution in [1.82, 2.24) is 0 Å². The van der Waals surface area contributed by atoms with E-state index in [4.69, 9.17) is 0 Å². The minimum Gasteiger partial charge on any atom is -0.382 e. The first-order valence-corrected chi connectivity index (χ1v) is 6.62. The van der Waals surface area contributed by atoms with E-state index >= 15 is 0 Å². The summed E-state index contributed by atoms with van der Waals surface area (Å²) in [5.41, 5.74) is 2.19. The zero-order chi connectivity index (χ0) is 13.3. The van der Waals surface area contributed by atoms with Gasteiger partial charge in [-0.2, -0.15) is 0 Å². The molecule has 1 atom stereocenters. The van der Waals surface area contributed by atoms with Crippen LogP contribution in [-0.2, 0) is 0 Å². The molecular weight excluding hydrogens is 234 g/mol. The van der Waals surface area contributed by atoms with Crippen molar-refractivity contribution in [2.75, 3.05) is 13.1 Å². The highest BCUT2D eigenvalue weighted by molar-refractivity contribution is 5.48. The molecule has 98 valence electrons. The average Bonchev–Trinajstić information content (AvgIpc) is 2.49. The molecule has 0 saturated carbocycles. The van der Waals surface area contributed by atoms with Crippen LogP contribution in [0, 0.1) is 0 Å². The summed E-state index contributed by atoms with van der Waals surface area (Å²) in [6.45, 7) is 1.56. The zero-order valence-electron chi connectivity index (χ0n) is 10.9. The van der Waals surface area contributed by atoms with E-state index in [1.54, 1.807) is 0 Å². The van der Waals surface area contributed by atoms with Crippen LogP contribution < -0.4 is 5.32 Å². The molecule has 2 rings (SSSR count). The van der Waals surface area contributed by atoms with E-state index in [1.165, 1.54) is 5.56 Å². The quantitative estimate of drug-likeness (QED) is 0.760. The lowest BCUT2D eigenvalue weighted by atomic mass is 10.1. The number of aliphatic hydroxyl groups excluding tert-OH is 1. The molecule has 0 aliphatic carbocycles. The van der Waals surface area contributed by atoms with E-state index in [-0.39, 0.29) is 0 Å². The van der Waals surface area contributed by atoms with Gasteiger partial charge in [0.2, 0.25) is 0 Å². The van der Waals surface area contributed by atoms with Gasteiger partial charge in [0.1, 0.15) is 12.6 Å². The number of rotatable bonds is 6. The predicted molar refractivity (Wildman–Crippen MR) is 78.5 cm³/mol. The van der Waals surface area contributed by atoms with Crippen molar-refractivity contribution < 1.29 is 10.4 Å². The van der Waals surface area contributed by atoms with Crippen LogP contribution in [0.3, 0.4) is 0 Å². The van der Waals surface area contributed by atoms with Gasteiger partial charge in [-0.3, -0.25) is 0 Å². The molecule has 0 amide bonds. The van der Waals surface area contributed by atoms with Crippen molar-refractivity contribution in [3.63, 3.8) is 0 Å². The summed E-state index contributed by atoms with van der Waals surface area (Å²) >= 11 is 0. The van der Waals surface area contributed by atoms with Crippen LogP contribution >= 0.6 is 0 Å². The third-order valence-electron chi connectivity index (χ3n) is 2.99. The van der Waals surface area contributed by atoms with Gasteiger partial charge >= 0.3 is 0 Å². The third kappa shape index (κ3) is 4.70. The molecule has 0 radical (unpaired) electrons. The van der Waals surface area contributed by atoms with E-state index in [9.17, 15) is 5.11 Å². The molecule has 0 bridgehead atoms. The summed E-state index contributed by atoms with van der Waals surface area (Å²) in [6, 6.07) is 20.0. The third-order valence-corrected chi connectivity index (χ3v) is 2.99. The van der Waals surface area contributed by atoms with E-state index in [2.05, 4.69) is 29.6 Å². The summed E-state index contributed by atoms with van der Waals surface area (Å²) in [6.07, 6.45) is 3.82. The lowest BCUT2D eigenvalue weighted by Gasteiger charge is -2.08. The van der Waals surface area contributed by atoms with Gasteiger partial charge in [0.15, 0.2) is 0 Å². The summed E-state index contributed by atoms with van der Waals surface area (Å²) in [5, 5.41) is 12.1. The normalized spacial score (nSPS) is 12.7. The smallest absolute Gasteiger partial charge is 0.128 e. The predicted octanol–water partition coefficient (Wildman–Crippen LogP) is 2.00. The molecule has 0 fully saturated rings. The maximum absolute atomic E-state index is 9.98. The van der Waals surface area contributed by atoms with Crippen molar-refractivity contribution in [2.24, 2.45) is 0 Å². The van der Waals surface area contributed by atoms with Gasteiger partial charge in [-0.15, -0.1) is 0 Å². The summed E-state index contributed by atoms with van der Waals surface area (Å²) in [7, 11) is 0. The van der Waals surface area contributed by atoms with Crippen LogP contribution in [0.1, 0.15) is 17.2 Å². The standard InChI is InChI=1S/C17H19NO/c19-17(16-11-5-2-6-12-16)14-18-13-7-10-15-8-3-1-4-9-15/h1-12,17-19H,13-14H2/p+1/b10-7+/t17-/m1/s1. The maximum atomic E-state index is 9.98. The lowest BCUT2D eigenvalue weighted by Crippen LogP contribution is -2.85. The molecule has 0 aliphatic rings. The van der Waals surface area contributed by atoms with Gasteiger partial charge < -0.3 is 10.4 Å². The number of hydrogen-bond acceptors (Lipinski definition) is 1. The highest BCUT2D eigenvalue weighted by Crippen LogP contribution is 2.08. The van der Waals surface area contributed by atoms with Crippen LogP contribution in [0.15, 0.2) is 66.7 Å². The molecule has 0 unspecified atom stereocenters. The molecule has 19 heavy (non-hydrogen) atoms. The second-order valence-corrected chi connectivity index (χ2v) is 4.50. The molecule has 0 aromatic heterocycles. The van der Waals surface area contributed by atoms with E-state index in [0.29, 0.717) is 6.54 Å². The van der Waals surface area contributed by atoms with Gasteiger partial charge in [-0.25, -0.2) is 0 Å². The molecule has 0 heterocycles. The van der Waals surface area contributed by atoms with Gasteiger partial charge in [-0.05, 0) is 17.2 Å². The van der Waals surface area contributed by atoms with Gasteiger partial charge in [0, 0.05) is 0 Å². The fourth-order valence-corrected chi connectivity index (χ4v) is 1.93. The number of nitrogens with two attached hydrogens (primary N) is 1. The fraction of sp³-hybridized carbons (Fsp3) is 0.176. The molecule has 0 aliphatic heterocycles. The van der Waals surface area contributed by atoms with Crippen LogP contribution in [0.5, 0.6) is 0 Å². The number of aliphatic hydroxyl groups is 1. The molecular formula is C17H20NO+. The van der Waals surface area contributed by atoms with Crippen molar-refractivity contribution in [2.45, 2.75) is 6.10 Å². The van der Waals surface area contributed by atoms with E-state index in [1.807, 2.05) is 48.5 Å². The van der Waals surface area contributed by atoms with E-state index < -0.39 is 6.10 Å². The van der Waals surface area contributed by atoms with Gasteiger partial charge in [0.05, 0.1) is 6.54 Å². The first kappa shape index (κ1) is 13.5. The minimum absolute atomic E-state index is 0.397. The molecule has 0 spiro atoms. The number of hydrogen-bond donors (Lipinski definition) is 2. The molecule has 3 N–H and O–H groups in total. The van der Waals surface area contributed by atoms with Crippen LogP contribution in [0.2, 0.25) is 0 Å². The molecule has 2 heteroatoms. The Bertz CT molecular complexity index is 493. The Hall–Kier alpha value is -1.90. The van der Waals surface area contributed by atoms with Crippen molar-refractivity contribution >= 4 is 6.08 Å². The van der Waals surface area contributed by atoms with E-state index in [0.717, 1.165) is 12.1 Å². The highest BCUT2D eigenvalue weighted by atomic mass is 16.3. The highest BCUT2D eigenvalue weighted by Gasteiger charge is 2.07. The zero-order valence-corrected chi connectivity index (χ0v) is 10.9. The van der Waals surface area contributed by atoms with Gasteiger partial charge in [-0.1, -0.05) is 66.7 Å². The fourth-order valence-electron chi connectivity index (χ4n) is 1.93. The number of quaternary nitrogens is 1. The second-order valence-electron chi connectivity index (χ2n) is 4.50. The Morgan fingerprint density at radius 3 is 2.26 bits per heavy atom. The Morgan fingerprint density at radius 1 is 0.947 bits per heavy atom. The van der Waals surface area contributed by atoms with Crippen molar-refractivity contribution in [3.05, 3.63) is 77.9 Å². The summed E-state index contributed by atoms with van der Waals surface area (Å²) in [4.78, 5) is 0. The van der Waals surface area contributed by atoms with Crippen LogP contribution in [0.25, 0.3) is 6.08 Å². The first-order valence-electron chi connectivity index (χ1n) is 6.62. The topological polar surface area (TPSA) is 36.8 Å². The first-order chi connectivity index (χ1) is 9.36. The number of benzene rings is 2. The molecule has 2 aromatic rings. The molecule has 2 nitrogen and oxygen atoms in total. The maximum Gasteiger partial charge on any atom is 0.128 e. The second kappa shape index (κ2) is 7.52. The summed E-state index contributed by atoms with van der Waals surface area (Å²) < 4.78 is 0. The Morgan fingerprint density at radius 2 is 1.58 bits per heavy atom. The lowest BCUT2D eigenvalue weighted by molar-refractivity contribution is -0.653. The van der Waals surface area contributed by atoms with Gasteiger partial charge in [0.25, 0.3) is 0 Å². The van der Waals surface area contributed by atoms with Crippen molar-refractivity contribution in [3.8, 4) is 0 Å². The minimum atomic E-state index is -0.397. The summed E-state index contributed by atoms with van der Waals surface area (Å²) in [5.74, 6) is 0. The largest absolute Gasteiger partial charge is 0.382 e.